The Labute approximate surface area is 191 Å². The summed E-state index contributed by atoms with van der Waals surface area (Å²) >= 11 is 10.9. The standard InChI is InChI=1S/C20H19BrClN5O2S/c21-14-6-2-4-8-16(14)27-19(29)13-10-24-26-18(13)25-20(27)30-11-17(28)23-9-12-5-1-3-7-15(12)22/h1-8,13,18,24,26H,9-11H2,(H,23,28). The Hall–Kier alpha value is -1.91. The maximum Gasteiger partial charge on any atom is 0.241 e. The van der Waals surface area contributed by atoms with E-state index in [1.807, 2.05) is 42.5 Å². The number of benzene rings is 2. The van der Waals surface area contributed by atoms with Gasteiger partial charge in [-0.2, -0.15) is 0 Å². The topological polar surface area (TPSA) is 85.8 Å². The first-order valence-electron chi connectivity index (χ1n) is 9.32. The van der Waals surface area contributed by atoms with Crippen molar-refractivity contribution in [1.82, 2.24) is 16.2 Å². The van der Waals surface area contributed by atoms with Gasteiger partial charge in [-0.3, -0.25) is 19.9 Å². The summed E-state index contributed by atoms with van der Waals surface area (Å²) in [5.41, 5.74) is 7.57. The summed E-state index contributed by atoms with van der Waals surface area (Å²) in [5, 5.41) is 3.96. The average Bonchev–Trinajstić information content (AvgIpc) is 3.22. The molecular weight excluding hydrogens is 490 g/mol. The number of rotatable bonds is 5. The smallest absolute Gasteiger partial charge is 0.241 e. The van der Waals surface area contributed by atoms with Crippen LogP contribution in [0.3, 0.4) is 0 Å². The molecule has 0 aromatic heterocycles. The second kappa shape index (κ2) is 9.49. The van der Waals surface area contributed by atoms with Crippen molar-refractivity contribution in [1.29, 1.82) is 0 Å². The van der Waals surface area contributed by atoms with Crippen LogP contribution in [0.1, 0.15) is 5.56 Å². The Kier molecular flexibility index (Phi) is 6.74. The number of nitrogens with one attached hydrogen (secondary N) is 3. The van der Waals surface area contributed by atoms with Crippen LogP contribution in [0.4, 0.5) is 5.69 Å². The molecule has 2 atom stereocenters. The largest absolute Gasteiger partial charge is 0.351 e. The molecule has 1 saturated heterocycles. The summed E-state index contributed by atoms with van der Waals surface area (Å²) in [6, 6.07) is 14.8. The number of carbonyl (C=O) groups is 2. The Morgan fingerprint density at radius 2 is 2.03 bits per heavy atom. The van der Waals surface area contributed by atoms with Crippen LogP contribution in [0, 0.1) is 5.92 Å². The number of thioether (sulfide) groups is 1. The quantitative estimate of drug-likeness (QED) is 0.578. The number of halogens is 2. The summed E-state index contributed by atoms with van der Waals surface area (Å²) in [7, 11) is 0. The number of anilines is 1. The number of hydrogen-bond donors (Lipinski definition) is 3. The van der Waals surface area contributed by atoms with Crippen molar-refractivity contribution in [2.24, 2.45) is 10.9 Å². The molecule has 2 unspecified atom stereocenters. The third-order valence-electron chi connectivity index (χ3n) is 4.79. The number of hydrazine groups is 1. The fourth-order valence-electron chi connectivity index (χ4n) is 3.24. The highest BCUT2D eigenvalue weighted by atomic mass is 79.9. The van der Waals surface area contributed by atoms with E-state index in [4.69, 9.17) is 11.6 Å². The number of fused-ring (bicyclic) bond motifs is 1. The molecule has 0 radical (unpaired) electrons. The number of amidine groups is 1. The molecule has 0 saturated carbocycles. The first-order chi connectivity index (χ1) is 14.5. The van der Waals surface area contributed by atoms with E-state index in [9.17, 15) is 9.59 Å². The molecule has 2 amide bonds. The van der Waals surface area contributed by atoms with Crippen LogP contribution in [-0.4, -0.2) is 35.4 Å². The molecule has 30 heavy (non-hydrogen) atoms. The summed E-state index contributed by atoms with van der Waals surface area (Å²) in [6.45, 7) is 0.846. The SMILES string of the molecule is O=C(CSC1=NC2NNCC2C(=O)N1c1ccccc1Br)NCc1ccccc1Cl. The van der Waals surface area contributed by atoms with Crippen molar-refractivity contribution in [3.05, 3.63) is 63.6 Å². The van der Waals surface area contributed by atoms with E-state index in [1.165, 1.54) is 11.8 Å². The lowest BCUT2D eigenvalue weighted by Gasteiger charge is -2.32. The van der Waals surface area contributed by atoms with Gasteiger partial charge in [0.2, 0.25) is 11.8 Å². The normalized spacial score (nSPS) is 20.7. The third kappa shape index (κ3) is 4.55. The molecular formula is C20H19BrClN5O2S. The molecule has 10 heteroatoms. The second-order valence-corrected chi connectivity index (χ2v) is 8.97. The van der Waals surface area contributed by atoms with Crippen LogP contribution in [0.15, 0.2) is 58.0 Å². The molecule has 2 aromatic rings. The van der Waals surface area contributed by atoms with Gasteiger partial charge in [0.1, 0.15) is 6.17 Å². The Balaban J connectivity index is 1.47. The highest BCUT2D eigenvalue weighted by Gasteiger charge is 2.42. The minimum absolute atomic E-state index is 0.0571. The fourth-order valence-corrected chi connectivity index (χ4v) is 4.77. The van der Waals surface area contributed by atoms with E-state index < -0.39 is 0 Å². The fraction of sp³-hybridized carbons (Fsp3) is 0.250. The maximum absolute atomic E-state index is 13.2. The molecule has 2 aliphatic heterocycles. The van der Waals surface area contributed by atoms with E-state index in [0.717, 1.165) is 10.0 Å². The molecule has 4 rings (SSSR count). The van der Waals surface area contributed by atoms with Gasteiger partial charge in [0.05, 0.1) is 17.4 Å². The van der Waals surface area contributed by atoms with Crippen LogP contribution in [0.5, 0.6) is 0 Å². The number of aliphatic imine (C=N–C) groups is 1. The summed E-state index contributed by atoms with van der Waals surface area (Å²) in [4.78, 5) is 31.9. The van der Waals surface area contributed by atoms with E-state index in [2.05, 4.69) is 37.1 Å². The molecule has 3 N–H and O–H groups in total. The van der Waals surface area contributed by atoms with Crippen molar-refractivity contribution in [2.45, 2.75) is 12.7 Å². The zero-order valence-corrected chi connectivity index (χ0v) is 18.9. The van der Waals surface area contributed by atoms with Gasteiger partial charge in [-0.05, 0) is 39.7 Å². The van der Waals surface area contributed by atoms with Crippen LogP contribution in [0.25, 0.3) is 0 Å². The van der Waals surface area contributed by atoms with Gasteiger partial charge in [0.25, 0.3) is 0 Å². The summed E-state index contributed by atoms with van der Waals surface area (Å²) < 4.78 is 0.784. The number of nitrogens with zero attached hydrogens (tertiary/aromatic N) is 2. The second-order valence-electron chi connectivity index (χ2n) is 6.77. The van der Waals surface area contributed by atoms with Gasteiger partial charge in [-0.1, -0.05) is 53.7 Å². The van der Waals surface area contributed by atoms with Gasteiger partial charge in [0.15, 0.2) is 5.17 Å². The van der Waals surface area contributed by atoms with E-state index >= 15 is 0 Å². The summed E-state index contributed by atoms with van der Waals surface area (Å²) in [6.07, 6.45) is -0.343. The lowest BCUT2D eigenvalue weighted by molar-refractivity contribution is -0.121. The predicted octanol–water partition coefficient (Wildman–Crippen LogP) is 2.90. The number of hydrogen-bond acceptors (Lipinski definition) is 6. The van der Waals surface area contributed by atoms with Gasteiger partial charge in [-0.25, -0.2) is 10.4 Å². The van der Waals surface area contributed by atoms with Gasteiger partial charge >= 0.3 is 0 Å². The first kappa shape index (κ1) is 21.3. The third-order valence-corrected chi connectivity index (χ3v) is 6.78. The molecule has 2 heterocycles. The summed E-state index contributed by atoms with van der Waals surface area (Å²) in [5.74, 6) is -0.391. The van der Waals surface area contributed by atoms with Crippen LogP contribution >= 0.6 is 39.3 Å². The lowest BCUT2D eigenvalue weighted by atomic mass is 10.0. The van der Waals surface area contributed by atoms with Crippen molar-refractivity contribution < 1.29 is 9.59 Å². The average molecular weight is 509 g/mol. The number of carbonyl (C=O) groups excluding carboxylic acids is 2. The van der Waals surface area contributed by atoms with Crippen LogP contribution < -0.4 is 21.1 Å². The Bertz CT molecular complexity index is 1000. The Morgan fingerprint density at radius 1 is 1.27 bits per heavy atom. The highest BCUT2D eigenvalue weighted by Crippen LogP contribution is 2.33. The number of amides is 2. The van der Waals surface area contributed by atoms with Crippen molar-refractivity contribution in [2.75, 3.05) is 17.2 Å². The molecule has 2 aliphatic rings. The highest BCUT2D eigenvalue weighted by molar-refractivity contribution is 9.10. The zero-order valence-electron chi connectivity index (χ0n) is 15.8. The maximum atomic E-state index is 13.2. The van der Waals surface area contributed by atoms with E-state index in [1.54, 1.807) is 11.0 Å². The Morgan fingerprint density at radius 3 is 2.83 bits per heavy atom. The van der Waals surface area contributed by atoms with E-state index in [-0.39, 0.29) is 29.7 Å². The molecule has 0 spiro atoms. The lowest BCUT2D eigenvalue weighted by Crippen LogP contribution is -2.49. The molecule has 0 bridgehead atoms. The van der Waals surface area contributed by atoms with Crippen molar-refractivity contribution in [3.8, 4) is 0 Å². The number of para-hydroxylation sites is 1. The zero-order chi connectivity index (χ0) is 21.1. The molecule has 7 nitrogen and oxygen atoms in total. The molecule has 1 fully saturated rings. The van der Waals surface area contributed by atoms with Crippen molar-refractivity contribution in [3.63, 3.8) is 0 Å². The first-order valence-corrected chi connectivity index (χ1v) is 11.5. The van der Waals surface area contributed by atoms with Gasteiger partial charge in [0, 0.05) is 22.6 Å². The predicted molar refractivity (Wildman–Crippen MR) is 123 cm³/mol. The molecule has 156 valence electrons. The van der Waals surface area contributed by atoms with Crippen LogP contribution in [-0.2, 0) is 16.1 Å². The van der Waals surface area contributed by atoms with Crippen LogP contribution in [0.2, 0.25) is 5.02 Å². The van der Waals surface area contributed by atoms with E-state index in [0.29, 0.717) is 29.0 Å². The van der Waals surface area contributed by atoms with Crippen molar-refractivity contribution >= 4 is 62.0 Å². The minimum Gasteiger partial charge on any atom is -0.351 e. The van der Waals surface area contributed by atoms with Gasteiger partial charge in [-0.15, -0.1) is 0 Å². The molecule has 2 aromatic carbocycles. The minimum atomic E-state index is -0.343. The molecule has 0 aliphatic carbocycles. The van der Waals surface area contributed by atoms with Gasteiger partial charge < -0.3 is 5.32 Å². The monoisotopic (exact) mass is 507 g/mol.